The first kappa shape index (κ1) is 12.3. The second kappa shape index (κ2) is 5.01. The molecule has 0 radical (unpaired) electrons. The number of Topliss-reactive ketones (excluding diaryl/α,β-unsaturated/α-hetero) is 1. The van der Waals surface area contributed by atoms with Gasteiger partial charge < -0.3 is 5.11 Å². The van der Waals surface area contributed by atoms with Crippen LogP contribution in [0.15, 0.2) is 24.3 Å². The summed E-state index contributed by atoms with van der Waals surface area (Å²) in [6.07, 6.45) is 5.64. The molecule has 0 spiro atoms. The van der Waals surface area contributed by atoms with Gasteiger partial charge in [-0.05, 0) is 30.9 Å². The minimum absolute atomic E-state index is 0.175. The molecular formula is C15H20O2. The van der Waals surface area contributed by atoms with Gasteiger partial charge in [-0.2, -0.15) is 0 Å². The van der Waals surface area contributed by atoms with E-state index in [0.717, 1.165) is 36.8 Å². The number of carbonyl (C=O) groups excluding carboxylic acids is 1. The van der Waals surface area contributed by atoms with Crippen molar-refractivity contribution in [2.45, 2.75) is 51.0 Å². The number of rotatable bonds is 3. The highest BCUT2D eigenvalue weighted by atomic mass is 16.3. The van der Waals surface area contributed by atoms with Crippen LogP contribution >= 0.6 is 0 Å². The van der Waals surface area contributed by atoms with Crippen molar-refractivity contribution in [1.82, 2.24) is 0 Å². The van der Waals surface area contributed by atoms with Gasteiger partial charge in [-0.25, -0.2) is 0 Å². The highest BCUT2D eigenvalue weighted by molar-refractivity contribution is 5.78. The minimum atomic E-state index is -0.632. The Bertz CT molecular complexity index is 386. The van der Waals surface area contributed by atoms with Gasteiger partial charge in [-0.3, -0.25) is 4.79 Å². The smallest absolute Gasteiger partial charge is 0.134 e. The predicted octanol–water partition coefficient (Wildman–Crippen LogP) is 2.97. The number of hydrogen-bond donors (Lipinski definition) is 1. The van der Waals surface area contributed by atoms with Crippen molar-refractivity contribution in [3.63, 3.8) is 0 Å². The summed E-state index contributed by atoms with van der Waals surface area (Å²) in [6.45, 7) is 1.60. The number of benzene rings is 1. The maximum Gasteiger partial charge on any atom is 0.134 e. The normalized spacial score (nSPS) is 18.9. The topological polar surface area (TPSA) is 37.3 Å². The van der Waals surface area contributed by atoms with Gasteiger partial charge in [0.1, 0.15) is 5.78 Å². The molecule has 1 fully saturated rings. The molecule has 1 N–H and O–H groups in total. The summed E-state index contributed by atoms with van der Waals surface area (Å²) in [7, 11) is 0. The first-order chi connectivity index (χ1) is 8.10. The molecule has 2 nitrogen and oxygen atoms in total. The standard InChI is InChI=1S/C15H20O2/c1-12(16)11-13-5-7-14(8-6-13)15(17)9-3-2-4-10-15/h5-8,17H,2-4,9-11H2,1H3. The molecule has 0 saturated heterocycles. The van der Waals surface area contributed by atoms with E-state index >= 15 is 0 Å². The van der Waals surface area contributed by atoms with E-state index in [-0.39, 0.29) is 5.78 Å². The van der Waals surface area contributed by atoms with E-state index < -0.39 is 5.60 Å². The molecule has 2 rings (SSSR count). The van der Waals surface area contributed by atoms with Crippen LogP contribution in [0.2, 0.25) is 0 Å². The van der Waals surface area contributed by atoms with E-state index in [1.807, 2.05) is 24.3 Å². The lowest BCUT2D eigenvalue weighted by Gasteiger charge is -2.32. The molecule has 0 amide bonds. The Labute approximate surface area is 103 Å². The maximum absolute atomic E-state index is 11.0. The molecule has 0 heterocycles. The van der Waals surface area contributed by atoms with Crippen LogP contribution in [0.4, 0.5) is 0 Å². The Balaban J connectivity index is 2.13. The Morgan fingerprint density at radius 1 is 1.18 bits per heavy atom. The highest BCUT2D eigenvalue weighted by Crippen LogP contribution is 2.36. The van der Waals surface area contributed by atoms with Crippen molar-refractivity contribution < 1.29 is 9.90 Å². The lowest BCUT2D eigenvalue weighted by atomic mass is 9.79. The van der Waals surface area contributed by atoms with Gasteiger partial charge in [0.15, 0.2) is 0 Å². The second-order valence-electron chi connectivity index (χ2n) is 5.17. The molecule has 0 aliphatic heterocycles. The third-order valence-electron chi connectivity index (χ3n) is 3.63. The first-order valence-electron chi connectivity index (χ1n) is 6.41. The molecule has 0 unspecified atom stereocenters. The van der Waals surface area contributed by atoms with Crippen molar-refractivity contribution in [2.75, 3.05) is 0 Å². The Hall–Kier alpha value is -1.15. The van der Waals surface area contributed by atoms with Gasteiger partial charge in [-0.1, -0.05) is 43.5 Å². The molecule has 1 aliphatic rings. The van der Waals surface area contributed by atoms with E-state index in [9.17, 15) is 9.90 Å². The van der Waals surface area contributed by atoms with Crippen LogP contribution in [-0.4, -0.2) is 10.9 Å². The summed E-state index contributed by atoms with van der Waals surface area (Å²) in [4.78, 5) is 11.0. The Kier molecular flexibility index (Phi) is 3.63. The largest absolute Gasteiger partial charge is 0.385 e. The number of carbonyl (C=O) groups is 1. The van der Waals surface area contributed by atoms with Crippen LogP contribution in [0.25, 0.3) is 0 Å². The van der Waals surface area contributed by atoms with Crippen molar-refractivity contribution >= 4 is 5.78 Å². The average molecular weight is 232 g/mol. The molecule has 1 saturated carbocycles. The number of aliphatic hydroxyl groups is 1. The van der Waals surface area contributed by atoms with E-state index in [1.54, 1.807) is 6.92 Å². The van der Waals surface area contributed by atoms with Gasteiger partial charge in [0.25, 0.3) is 0 Å². The Morgan fingerprint density at radius 3 is 2.29 bits per heavy atom. The van der Waals surface area contributed by atoms with Gasteiger partial charge in [0, 0.05) is 6.42 Å². The molecule has 1 aliphatic carbocycles. The van der Waals surface area contributed by atoms with Crippen LogP contribution in [0.5, 0.6) is 0 Å². The van der Waals surface area contributed by atoms with Crippen LogP contribution in [0, 0.1) is 0 Å². The molecule has 0 atom stereocenters. The lowest BCUT2D eigenvalue weighted by Crippen LogP contribution is -2.28. The van der Waals surface area contributed by atoms with Gasteiger partial charge in [0.2, 0.25) is 0 Å². The fourth-order valence-corrected chi connectivity index (χ4v) is 2.65. The van der Waals surface area contributed by atoms with Gasteiger partial charge in [-0.15, -0.1) is 0 Å². The molecular weight excluding hydrogens is 212 g/mol. The molecule has 17 heavy (non-hydrogen) atoms. The van der Waals surface area contributed by atoms with E-state index in [1.165, 1.54) is 6.42 Å². The van der Waals surface area contributed by atoms with Crippen LogP contribution in [0.1, 0.15) is 50.2 Å². The zero-order valence-corrected chi connectivity index (χ0v) is 10.4. The van der Waals surface area contributed by atoms with E-state index in [2.05, 4.69) is 0 Å². The van der Waals surface area contributed by atoms with Crippen molar-refractivity contribution in [3.8, 4) is 0 Å². The zero-order chi connectivity index (χ0) is 12.3. The summed E-state index contributed by atoms with van der Waals surface area (Å²) in [6, 6.07) is 7.87. The van der Waals surface area contributed by atoms with E-state index in [4.69, 9.17) is 0 Å². The van der Waals surface area contributed by atoms with Crippen molar-refractivity contribution in [1.29, 1.82) is 0 Å². The first-order valence-corrected chi connectivity index (χ1v) is 6.41. The number of ketones is 1. The molecule has 0 bridgehead atoms. The van der Waals surface area contributed by atoms with Gasteiger partial charge >= 0.3 is 0 Å². The van der Waals surface area contributed by atoms with Crippen LogP contribution < -0.4 is 0 Å². The van der Waals surface area contributed by atoms with E-state index in [0.29, 0.717) is 6.42 Å². The summed E-state index contributed by atoms with van der Waals surface area (Å²) < 4.78 is 0. The predicted molar refractivity (Wildman–Crippen MR) is 67.8 cm³/mol. The SMILES string of the molecule is CC(=O)Cc1ccc(C2(O)CCCCC2)cc1. The Morgan fingerprint density at radius 2 is 1.76 bits per heavy atom. The molecule has 1 aromatic carbocycles. The fourth-order valence-electron chi connectivity index (χ4n) is 2.65. The van der Waals surface area contributed by atoms with Crippen LogP contribution in [0.3, 0.4) is 0 Å². The average Bonchev–Trinajstić information content (AvgIpc) is 2.30. The monoisotopic (exact) mass is 232 g/mol. The molecule has 0 aromatic heterocycles. The molecule has 92 valence electrons. The summed E-state index contributed by atoms with van der Waals surface area (Å²) in [5.74, 6) is 0.175. The second-order valence-corrected chi connectivity index (χ2v) is 5.17. The van der Waals surface area contributed by atoms with Crippen LogP contribution in [-0.2, 0) is 16.8 Å². The third kappa shape index (κ3) is 2.95. The third-order valence-corrected chi connectivity index (χ3v) is 3.63. The molecule has 1 aromatic rings. The summed E-state index contributed by atoms with van der Waals surface area (Å²) in [5, 5.41) is 10.5. The molecule has 2 heteroatoms. The summed E-state index contributed by atoms with van der Waals surface area (Å²) >= 11 is 0. The van der Waals surface area contributed by atoms with Crippen molar-refractivity contribution in [3.05, 3.63) is 35.4 Å². The fraction of sp³-hybridized carbons (Fsp3) is 0.533. The maximum atomic E-state index is 11.0. The minimum Gasteiger partial charge on any atom is -0.385 e. The summed E-state index contributed by atoms with van der Waals surface area (Å²) in [5.41, 5.74) is 1.40. The van der Waals surface area contributed by atoms with Crippen molar-refractivity contribution in [2.24, 2.45) is 0 Å². The number of hydrogen-bond acceptors (Lipinski definition) is 2. The lowest BCUT2D eigenvalue weighted by molar-refractivity contribution is -0.116. The zero-order valence-electron chi connectivity index (χ0n) is 10.4. The highest BCUT2D eigenvalue weighted by Gasteiger charge is 2.30. The quantitative estimate of drug-likeness (QED) is 0.870. The van der Waals surface area contributed by atoms with Gasteiger partial charge in [0.05, 0.1) is 5.60 Å².